The van der Waals surface area contributed by atoms with Crippen molar-refractivity contribution in [2.75, 3.05) is 0 Å². The van der Waals surface area contributed by atoms with Gasteiger partial charge in [-0.1, -0.05) is 65.5 Å². The molecule has 0 aliphatic heterocycles. The first-order valence-electron chi connectivity index (χ1n) is 14.9. The molecule has 1 aromatic heterocycles. The zero-order valence-electron chi connectivity index (χ0n) is 23.1. The van der Waals surface area contributed by atoms with Gasteiger partial charge in [-0.3, -0.25) is 0 Å². The molecule has 4 aliphatic rings. The van der Waals surface area contributed by atoms with Gasteiger partial charge in [-0.15, -0.1) is 0 Å². The number of allylic oxidation sites excluding steroid dienone is 2. The van der Waals surface area contributed by atoms with Crippen LogP contribution in [-0.4, -0.2) is 0 Å². The fraction of sp³-hybridized carbons (Fsp3) is 0.758. The molecule has 5 rings (SSSR count). The molecule has 3 saturated carbocycles. The van der Waals surface area contributed by atoms with Crippen molar-refractivity contribution in [3.05, 3.63) is 41.7 Å². The van der Waals surface area contributed by atoms with Gasteiger partial charge in [0.05, 0.1) is 0 Å². The molecule has 190 valence electrons. The van der Waals surface area contributed by atoms with Crippen LogP contribution in [0.1, 0.15) is 117 Å². The van der Waals surface area contributed by atoms with Crippen molar-refractivity contribution in [3.63, 3.8) is 0 Å². The SMILES string of the molecule is CC(C)CCC[C@H](C)[C@H]1CC[C@H]2[C@@H]3CC=C4C[C@H]([n+]5cccc(C#N)c5)CC[C@]4(C)[C@H]3CC[C@]12C. The van der Waals surface area contributed by atoms with E-state index in [-0.39, 0.29) is 0 Å². The predicted molar refractivity (Wildman–Crippen MR) is 143 cm³/mol. The molecule has 0 amide bonds. The maximum Gasteiger partial charge on any atom is 0.186 e. The number of nitrogens with zero attached hydrogens (tertiary/aromatic N) is 2. The summed E-state index contributed by atoms with van der Waals surface area (Å²) >= 11 is 0. The first-order chi connectivity index (χ1) is 16.8. The van der Waals surface area contributed by atoms with Gasteiger partial charge in [-0.2, -0.15) is 5.26 Å². The molecule has 2 nitrogen and oxygen atoms in total. The third kappa shape index (κ3) is 4.40. The Morgan fingerprint density at radius 3 is 2.66 bits per heavy atom. The van der Waals surface area contributed by atoms with Gasteiger partial charge >= 0.3 is 0 Å². The van der Waals surface area contributed by atoms with Gasteiger partial charge in [0.15, 0.2) is 18.4 Å². The summed E-state index contributed by atoms with van der Waals surface area (Å²) in [6, 6.07) is 6.80. The number of pyridine rings is 1. The smallest absolute Gasteiger partial charge is 0.186 e. The van der Waals surface area contributed by atoms with Crippen LogP contribution < -0.4 is 4.57 Å². The molecule has 0 bridgehead atoms. The number of nitriles is 1. The average molecular weight is 474 g/mol. The predicted octanol–water partition coefficient (Wildman–Crippen LogP) is 8.43. The van der Waals surface area contributed by atoms with Crippen LogP contribution >= 0.6 is 0 Å². The van der Waals surface area contributed by atoms with Gasteiger partial charge < -0.3 is 0 Å². The van der Waals surface area contributed by atoms with E-state index < -0.39 is 0 Å². The van der Waals surface area contributed by atoms with Crippen LogP contribution in [0.15, 0.2) is 36.2 Å². The van der Waals surface area contributed by atoms with Crippen molar-refractivity contribution in [2.45, 2.75) is 111 Å². The summed E-state index contributed by atoms with van der Waals surface area (Å²) in [5, 5.41) is 9.36. The summed E-state index contributed by atoms with van der Waals surface area (Å²) in [6.07, 6.45) is 22.1. The number of fused-ring (bicyclic) bond motifs is 5. The largest absolute Gasteiger partial charge is 0.201 e. The summed E-state index contributed by atoms with van der Waals surface area (Å²) in [5.74, 6) is 5.40. The van der Waals surface area contributed by atoms with Gasteiger partial charge in [0.1, 0.15) is 11.6 Å². The van der Waals surface area contributed by atoms with E-state index in [1.807, 2.05) is 12.1 Å². The van der Waals surface area contributed by atoms with Gasteiger partial charge in [-0.05, 0) is 90.9 Å². The zero-order valence-corrected chi connectivity index (χ0v) is 23.1. The zero-order chi connectivity index (χ0) is 24.8. The van der Waals surface area contributed by atoms with Crippen molar-refractivity contribution in [1.82, 2.24) is 0 Å². The fourth-order valence-electron chi connectivity index (χ4n) is 9.71. The molecule has 0 unspecified atom stereocenters. The molecule has 0 N–H and O–H groups in total. The maximum atomic E-state index is 9.36. The second-order valence-corrected chi connectivity index (χ2v) is 13.8. The average Bonchev–Trinajstić information content (AvgIpc) is 3.20. The highest BCUT2D eigenvalue weighted by atomic mass is 15.0. The quantitative estimate of drug-likeness (QED) is 0.301. The normalized spacial score (nSPS) is 39.2. The van der Waals surface area contributed by atoms with Crippen LogP contribution in [0.3, 0.4) is 0 Å². The Morgan fingerprint density at radius 1 is 1.06 bits per heavy atom. The van der Waals surface area contributed by atoms with Crippen LogP contribution in [0, 0.1) is 57.7 Å². The molecule has 0 spiro atoms. The molecule has 2 heteroatoms. The highest BCUT2D eigenvalue weighted by Gasteiger charge is 2.59. The standard InChI is InChI=1S/C33H49N2/c1-23(2)8-6-9-24(3)29-13-14-30-28-12-11-26-20-27(35-19-7-10-25(21-34)22-35)15-17-32(26,4)31(28)16-18-33(29,30)5/h7,10-11,19,22-24,27-31H,6,8-9,12-18,20H2,1-5H3/q+1/t24-,27+,28-,29+,30-,31-,32-,33+/m0/s1. The fourth-order valence-corrected chi connectivity index (χ4v) is 9.71. The lowest BCUT2D eigenvalue weighted by atomic mass is 9.47. The summed E-state index contributed by atoms with van der Waals surface area (Å²) in [5.41, 5.74) is 3.49. The van der Waals surface area contributed by atoms with Crippen molar-refractivity contribution in [2.24, 2.45) is 46.3 Å². The molecule has 35 heavy (non-hydrogen) atoms. The Morgan fingerprint density at radius 2 is 1.89 bits per heavy atom. The molecule has 3 fully saturated rings. The number of hydrogen-bond donors (Lipinski definition) is 0. The number of aromatic nitrogens is 1. The molecular weight excluding hydrogens is 424 g/mol. The number of hydrogen-bond acceptors (Lipinski definition) is 1. The van der Waals surface area contributed by atoms with Gasteiger partial charge in [-0.25, -0.2) is 4.57 Å². The second kappa shape index (κ2) is 9.68. The van der Waals surface area contributed by atoms with E-state index in [4.69, 9.17) is 0 Å². The molecule has 1 aromatic rings. The van der Waals surface area contributed by atoms with E-state index in [9.17, 15) is 5.26 Å². The third-order valence-corrected chi connectivity index (χ3v) is 11.7. The van der Waals surface area contributed by atoms with Crippen molar-refractivity contribution < 1.29 is 4.57 Å². The van der Waals surface area contributed by atoms with Crippen LogP contribution in [0.5, 0.6) is 0 Å². The van der Waals surface area contributed by atoms with E-state index in [1.165, 1.54) is 70.6 Å². The van der Waals surface area contributed by atoms with Crippen molar-refractivity contribution in [3.8, 4) is 6.07 Å². The minimum Gasteiger partial charge on any atom is -0.201 e. The summed E-state index contributed by atoms with van der Waals surface area (Å²) < 4.78 is 2.32. The molecular formula is C33H49N2+. The summed E-state index contributed by atoms with van der Waals surface area (Å²) in [7, 11) is 0. The van der Waals surface area contributed by atoms with E-state index in [1.54, 1.807) is 5.57 Å². The summed E-state index contributed by atoms with van der Waals surface area (Å²) in [6.45, 7) is 12.7. The molecule has 4 aliphatic carbocycles. The highest BCUT2D eigenvalue weighted by molar-refractivity contribution is 5.26. The molecule has 8 atom stereocenters. The summed E-state index contributed by atoms with van der Waals surface area (Å²) in [4.78, 5) is 0. The lowest BCUT2D eigenvalue weighted by Crippen LogP contribution is -2.52. The van der Waals surface area contributed by atoms with Gasteiger partial charge in [0, 0.05) is 18.9 Å². The molecule has 0 radical (unpaired) electrons. The van der Waals surface area contributed by atoms with Crippen molar-refractivity contribution in [1.29, 1.82) is 5.26 Å². The topological polar surface area (TPSA) is 27.7 Å². The van der Waals surface area contributed by atoms with Crippen molar-refractivity contribution >= 4 is 0 Å². The first kappa shape index (κ1) is 25.0. The van der Waals surface area contributed by atoms with Crippen LogP contribution in [0.25, 0.3) is 0 Å². The van der Waals surface area contributed by atoms with Gasteiger partial charge in [0.2, 0.25) is 0 Å². The van der Waals surface area contributed by atoms with E-state index >= 15 is 0 Å². The van der Waals surface area contributed by atoms with Crippen LogP contribution in [0.4, 0.5) is 0 Å². The second-order valence-electron chi connectivity index (χ2n) is 13.8. The minimum atomic E-state index is 0.398. The van der Waals surface area contributed by atoms with E-state index in [0.29, 0.717) is 16.9 Å². The Hall–Kier alpha value is -1.62. The van der Waals surface area contributed by atoms with Gasteiger partial charge in [0.25, 0.3) is 0 Å². The Labute approximate surface area is 215 Å². The maximum absolute atomic E-state index is 9.36. The Kier molecular flexibility index (Phi) is 6.93. The van der Waals surface area contributed by atoms with Crippen LogP contribution in [-0.2, 0) is 0 Å². The highest BCUT2D eigenvalue weighted by Crippen LogP contribution is 2.67. The minimum absolute atomic E-state index is 0.398. The molecule has 0 saturated heterocycles. The Balaban J connectivity index is 1.31. The lowest BCUT2D eigenvalue weighted by Gasteiger charge is -2.58. The monoisotopic (exact) mass is 473 g/mol. The molecule has 0 aromatic carbocycles. The molecule has 1 heterocycles. The Bertz CT molecular complexity index is 985. The first-order valence-corrected chi connectivity index (χ1v) is 14.9. The van der Waals surface area contributed by atoms with E-state index in [0.717, 1.165) is 41.1 Å². The van der Waals surface area contributed by atoms with Crippen LogP contribution in [0.2, 0.25) is 0 Å². The third-order valence-electron chi connectivity index (χ3n) is 11.7. The lowest BCUT2D eigenvalue weighted by molar-refractivity contribution is -0.725. The van der Waals surface area contributed by atoms with E-state index in [2.05, 4.69) is 63.7 Å². The number of rotatable bonds is 6.